The molecule has 1 N–H and O–H groups in total. The first kappa shape index (κ1) is 13.8. The second-order valence-electron chi connectivity index (χ2n) is 3.92. The van der Waals surface area contributed by atoms with Crippen molar-refractivity contribution in [3.05, 3.63) is 56.1 Å². The van der Waals surface area contributed by atoms with Crippen LogP contribution in [0.4, 0.5) is 0 Å². The van der Waals surface area contributed by atoms with E-state index in [9.17, 15) is 5.11 Å². The average Bonchev–Trinajstić information content (AvgIpc) is 2.28. The van der Waals surface area contributed by atoms with Crippen molar-refractivity contribution in [1.82, 2.24) is 0 Å². The summed E-state index contributed by atoms with van der Waals surface area (Å²) in [5.74, 6) is 1.55. The predicted molar refractivity (Wildman–Crippen MR) is 84.0 cm³/mol. The van der Waals surface area contributed by atoms with E-state index in [1.165, 1.54) is 0 Å². The Morgan fingerprint density at radius 3 is 2.50 bits per heavy atom. The Morgan fingerprint density at radius 2 is 1.89 bits per heavy atom. The monoisotopic (exact) mass is 418 g/mol. The van der Waals surface area contributed by atoms with Crippen molar-refractivity contribution in [2.45, 2.75) is 13.0 Å². The molecule has 2 aromatic rings. The Kier molecular flexibility index (Phi) is 4.64. The van der Waals surface area contributed by atoms with Crippen molar-refractivity contribution in [2.75, 3.05) is 0 Å². The zero-order valence-corrected chi connectivity index (χ0v) is 13.5. The van der Waals surface area contributed by atoms with E-state index in [0.717, 1.165) is 25.1 Å². The molecule has 0 bridgehead atoms. The van der Waals surface area contributed by atoms with E-state index < -0.39 is 6.10 Å². The molecular formula is C14H12BrIO2. The Balaban J connectivity index is 2.23. The van der Waals surface area contributed by atoms with Crippen LogP contribution in [0.1, 0.15) is 18.6 Å². The lowest BCUT2D eigenvalue weighted by molar-refractivity contribution is 0.198. The third-order valence-corrected chi connectivity index (χ3v) is 3.81. The molecule has 94 valence electrons. The molecule has 4 heteroatoms. The van der Waals surface area contributed by atoms with Crippen LogP contribution in [0, 0.1) is 3.57 Å². The summed E-state index contributed by atoms with van der Waals surface area (Å²) in [6, 6.07) is 13.4. The number of aliphatic hydroxyl groups excluding tert-OH is 1. The van der Waals surface area contributed by atoms with E-state index in [-0.39, 0.29) is 0 Å². The van der Waals surface area contributed by atoms with Crippen LogP contribution in [0.15, 0.2) is 46.9 Å². The molecule has 0 aliphatic rings. The lowest BCUT2D eigenvalue weighted by Crippen LogP contribution is -1.93. The molecule has 0 fully saturated rings. The summed E-state index contributed by atoms with van der Waals surface area (Å²) < 4.78 is 7.74. The number of aliphatic hydroxyl groups is 1. The van der Waals surface area contributed by atoms with Gasteiger partial charge in [-0.1, -0.05) is 28.1 Å². The molecule has 2 nitrogen and oxygen atoms in total. The van der Waals surface area contributed by atoms with Gasteiger partial charge < -0.3 is 9.84 Å². The smallest absolute Gasteiger partial charge is 0.128 e. The van der Waals surface area contributed by atoms with Crippen molar-refractivity contribution >= 4 is 38.5 Å². The van der Waals surface area contributed by atoms with E-state index in [4.69, 9.17) is 4.74 Å². The van der Waals surface area contributed by atoms with E-state index in [2.05, 4.69) is 38.5 Å². The molecule has 0 saturated carbocycles. The van der Waals surface area contributed by atoms with Crippen LogP contribution in [0.2, 0.25) is 0 Å². The van der Waals surface area contributed by atoms with Crippen molar-refractivity contribution in [1.29, 1.82) is 0 Å². The molecule has 18 heavy (non-hydrogen) atoms. The van der Waals surface area contributed by atoms with E-state index in [1.807, 2.05) is 42.5 Å². The Bertz CT molecular complexity index is 555. The van der Waals surface area contributed by atoms with Gasteiger partial charge in [0.1, 0.15) is 11.5 Å². The first-order chi connectivity index (χ1) is 8.56. The fraction of sp³-hybridized carbons (Fsp3) is 0.143. The molecule has 0 spiro atoms. The fourth-order valence-corrected chi connectivity index (χ4v) is 2.78. The maximum atomic E-state index is 9.55. The van der Waals surface area contributed by atoms with Crippen LogP contribution >= 0.6 is 38.5 Å². The topological polar surface area (TPSA) is 29.5 Å². The molecular weight excluding hydrogens is 407 g/mol. The third kappa shape index (κ3) is 3.46. The van der Waals surface area contributed by atoms with Crippen molar-refractivity contribution in [2.24, 2.45) is 0 Å². The Hall–Kier alpha value is -0.590. The van der Waals surface area contributed by atoms with Gasteiger partial charge in [0, 0.05) is 8.04 Å². The lowest BCUT2D eigenvalue weighted by atomic mass is 10.1. The molecule has 0 aliphatic carbocycles. The molecule has 0 aliphatic heterocycles. The minimum absolute atomic E-state index is 0.494. The summed E-state index contributed by atoms with van der Waals surface area (Å²) in [4.78, 5) is 0. The summed E-state index contributed by atoms with van der Waals surface area (Å²) in [6.45, 7) is 1.74. The molecule has 0 saturated heterocycles. The second kappa shape index (κ2) is 6.04. The zero-order valence-electron chi connectivity index (χ0n) is 9.73. The molecule has 0 aromatic heterocycles. The van der Waals surface area contributed by atoms with Crippen molar-refractivity contribution < 1.29 is 9.84 Å². The maximum Gasteiger partial charge on any atom is 0.128 e. The van der Waals surface area contributed by atoms with E-state index in [1.54, 1.807) is 6.92 Å². The number of benzene rings is 2. The summed E-state index contributed by atoms with van der Waals surface area (Å²) in [6.07, 6.45) is -0.494. The van der Waals surface area contributed by atoms with Crippen LogP contribution in [0.3, 0.4) is 0 Å². The van der Waals surface area contributed by atoms with Gasteiger partial charge in [-0.3, -0.25) is 0 Å². The van der Waals surface area contributed by atoms with Gasteiger partial charge in [0.15, 0.2) is 0 Å². The highest BCUT2D eigenvalue weighted by atomic mass is 127. The van der Waals surface area contributed by atoms with Gasteiger partial charge in [0.05, 0.1) is 6.10 Å². The average molecular weight is 419 g/mol. The van der Waals surface area contributed by atoms with Crippen molar-refractivity contribution in [3.8, 4) is 11.5 Å². The summed E-state index contributed by atoms with van der Waals surface area (Å²) in [5.41, 5.74) is 0.852. The predicted octanol–water partition coefficient (Wildman–Crippen LogP) is 4.90. The second-order valence-corrected chi connectivity index (χ2v) is 6.02. The standard InChI is InChI=1S/C14H12BrIO2/c1-9(17)13-6-5-12(8-14(13)15)18-11-4-2-3-10(16)7-11/h2-9,17H,1H3/t9-/m0/s1. The largest absolute Gasteiger partial charge is 0.457 e. The molecule has 0 amide bonds. The highest BCUT2D eigenvalue weighted by Gasteiger charge is 2.07. The van der Waals surface area contributed by atoms with Gasteiger partial charge in [-0.25, -0.2) is 0 Å². The summed E-state index contributed by atoms with van der Waals surface area (Å²) >= 11 is 5.68. The van der Waals surface area contributed by atoms with Gasteiger partial charge in [0.2, 0.25) is 0 Å². The highest BCUT2D eigenvalue weighted by Crippen LogP contribution is 2.30. The molecule has 2 rings (SSSR count). The number of halogens is 2. The minimum Gasteiger partial charge on any atom is -0.457 e. The van der Waals surface area contributed by atoms with Gasteiger partial charge in [-0.05, 0) is 65.4 Å². The van der Waals surface area contributed by atoms with Crippen LogP contribution in [-0.4, -0.2) is 5.11 Å². The highest BCUT2D eigenvalue weighted by molar-refractivity contribution is 14.1. The van der Waals surface area contributed by atoms with Gasteiger partial charge in [-0.15, -0.1) is 0 Å². The maximum absolute atomic E-state index is 9.55. The first-order valence-corrected chi connectivity index (χ1v) is 7.34. The third-order valence-electron chi connectivity index (χ3n) is 2.45. The Labute approximate surface area is 128 Å². The van der Waals surface area contributed by atoms with Crippen molar-refractivity contribution in [3.63, 3.8) is 0 Å². The number of rotatable bonds is 3. The molecule has 2 aromatic carbocycles. The molecule has 0 radical (unpaired) electrons. The first-order valence-electron chi connectivity index (χ1n) is 5.47. The molecule has 0 unspecified atom stereocenters. The normalized spacial score (nSPS) is 12.2. The number of hydrogen-bond donors (Lipinski definition) is 1. The van der Waals surface area contributed by atoms with Gasteiger partial charge in [0.25, 0.3) is 0 Å². The van der Waals surface area contributed by atoms with Crippen LogP contribution in [0.5, 0.6) is 11.5 Å². The van der Waals surface area contributed by atoms with E-state index in [0.29, 0.717) is 0 Å². The quantitative estimate of drug-likeness (QED) is 0.718. The molecule has 1 atom stereocenters. The Morgan fingerprint density at radius 1 is 1.17 bits per heavy atom. The van der Waals surface area contributed by atoms with Gasteiger partial charge in [-0.2, -0.15) is 0 Å². The SMILES string of the molecule is C[C@H](O)c1ccc(Oc2cccc(I)c2)cc1Br. The van der Waals surface area contributed by atoms with Gasteiger partial charge >= 0.3 is 0 Å². The fourth-order valence-electron chi connectivity index (χ4n) is 1.58. The minimum atomic E-state index is -0.494. The summed E-state index contributed by atoms with van der Waals surface area (Å²) in [7, 11) is 0. The van der Waals surface area contributed by atoms with Crippen LogP contribution < -0.4 is 4.74 Å². The molecule has 0 heterocycles. The summed E-state index contributed by atoms with van der Waals surface area (Å²) in [5, 5.41) is 9.55. The van der Waals surface area contributed by atoms with Crippen LogP contribution in [0.25, 0.3) is 0 Å². The van der Waals surface area contributed by atoms with Crippen LogP contribution in [-0.2, 0) is 0 Å². The number of hydrogen-bond acceptors (Lipinski definition) is 2. The van der Waals surface area contributed by atoms with E-state index >= 15 is 0 Å². The zero-order chi connectivity index (χ0) is 13.1. The lowest BCUT2D eigenvalue weighted by Gasteiger charge is -2.11. The number of ether oxygens (including phenoxy) is 1.